The molecule has 0 heterocycles. The molecule has 5 nitrogen and oxygen atoms in total. The quantitative estimate of drug-likeness (QED) is 0.258. The number of ether oxygens (including phenoxy) is 1. The molecule has 0 N–H and O–H groups in total. The Bertz CT molecular complexity index is 236. The molecule has 0 saturated heterocycles. The normalized spacial score (nSPS) is 6.82. The Morgan fingerprint density at radius 3 is 1.82 bits per heavy atom. The van der Waals surface area contributed by atoms with Crippen LogP contribution in [0.5, 0.6) is 0 Å². The number of allylic oxidation sites excluding steroid dienone is 3. The summed E-state index contributed by atoms with van der Waals surface area (Å²) in [5, 5.41) is 0. The van der Waals surface area contributed by atoms with Gasteiger partial charge in [0.1, 0.15) is 6.61 Å². The van der Waals surface area contributed by atoms with Crippen molar-refractivity contribution in [2.45, 2.75) is 13.8 Å². The predicted octanol–water partition coefficient (Wildman–Crippen LogP) is 1.57. The van der Waals surface area contributed by atoms with Crippen molar-refractivity contribution in [3.8, 4) is 0 Å². The Kier molecular flexibility index (Phi) is 81.1. The molecule has 0 fully saturated rings. The van der Waals surface area contributed by atoms with Crippen LogP contribution >= 0.6 is 0 Å². The molecule has 0 saturated carbocycles. The van der Waals surface area contributed by atoms with Crippen molar-refractivity contribution in [3.63, 3.8) is 0 Å². The van der Waals surface area contributed by atoms with Gasteiger partial charge in [0, 0.05) is 24.0 Å². The largest absolute Gasteiger partial charge is 0 e. The third-order valence-corrected chi connectivity index (χ3v) is 0.822. The van der Waals surface area contributed by atoms with Crippen LogP contribution in [0.15, 0.2) is 24.3 Å². The Morgan fingerprint density at radius 1 is 1.12 bits per heavy atom. The molecule has 0 aromatic rings. The first-order valence-corrected chi connectivity index (χ1v) is 3.79. The first-order valence-electron chi connectivity index (χ1n) is 3.79. The van der Waals surface area contributed by atoms with Crippen molar-refractivity contribution in [3.05, 3.63) is 44.3 Å². The van der Waals surface area contributed by atoms with Crippen LogP contribution in [0.4, 0.5) is 0 Å². The molecule has 6 heteroatoms. The van der Waals surface area contributed by atoms with Crippen LogP contribution in [-0.2, 0) is 40.6 Å². The minimum atomic E-state index is -0.245. The Hall–Kier alpha value is -1.31. The second-order valence-corrected chi connectivity index (χ2v) is 1.76. The molecule has 0 aliphatic carbocycles. The Balaban J connectivity index is -0.0000000594. The number of carbonyl (C=O) groups is 1. The summed E-state index contributed by atoms with van der Waals surface area (Å²) in [6, 6.07) is 0. The van der Waals surface area contributed by atoms with E-state index in [9.17, 15) is 4.79 Å². The maximum absolute atomic E-state index is 10.2. The summed E-state index contributed by atoms with van der Waals surface area (Å²) >= 11 is 0. The van der Waals surface area contributed by atoms with E-state index in [-0.39, 0.29) is 23.0 Å². The molecule has 0 bridgehead atoms. The molecule has 94 valence electrons. The fourth-order valence-corrected chi connectivity index (χ4v) is 0.411. The van der Waals surface area contributed by atoms with Crippen LogP contribution in [0.3, 0.4) is 0 Å². The van der Waals surface area contributed by atoms with E-state index in [0.717, 1.165) is 0 Å². The number of hydrogen-bond donors (Lipinski definition) is 0. The van der Waals surface area contributed by atoms with Gasteiger partial charge in [-0.15, -0.1) is 0 Å². The van der Waals surface area contributed by atoms with Gasteiger partial charge in [-0.3, -0.25) is 4.79 Å². The van der Waals surface area contributed by atoms with E-state index in [0.29, 0.717) is 6.61 Å². The second kappa shape index (κ2) is 46.6. The average Bonchev–Trinajstić information content (AvgIpc) is 2.36. The molecule has 0 aromatic carbocycles. The summed E-state index contributed by atoms with van der Waals surface area (Å²) in [5.74, 6) is -0.245. The molecular formula is C11H12FeO5. The van der Waals surface area contributed by atoms with Crippen molar-refractivity contribution in [2.24, 2.45) is 0 Å². The van der Waals surface area contributed by atoms with Gasteiger partial charge in [0.15, 0.2) is 0 Å². The van der Waals surface area contributed by atoms with Crippen LogP contribution in [0.25, 0.3) is 0 Å². The fourth-order valence-electron chi connectivity index (χ4n) is 0.411. The predicted molar refractivity (Wildman–Crippen MR) is 52.4 cm³/mol. The number of carbonyl (C=O) groups excluding carboxylic acids is 1. The molecule has 0 aliphatic heterocycles. The number of rotatable bonds is 3. The summed E-state index contributed by atoms with van der Waals surface area (Å²) in [6.45, 7) is 17.2. The summed E-state index contributed by atoms with van der Waals surface area (Å²) in [7, 11) is 0. The zero-order valence-electron chi connectivity index (χ0n) is 9.41. The topological polar surface area (TPSA) is 86.0 Å². The van der Waals surface area contributed by atoms with Gasteiger partial charge in [-0.25, -0.2) is 0 Å². The summed E-state index contributed by atoms with van der Waals surface area (Å²) in [4.78, 5) is 10.2. The van der Waals surface area contributed by atoms with Crippen molar-refractivity contribution >= 4 is 5.97 Å². The van der Waals surface area contributed by atoms with Crippen LogP contribution in [0.2, 0.25) is 0 Å². The van der Waals surface area contributed by atoms with Gasteiger partial charge in [0.2, 0.25) is 0 Å². The minimum absolute atomic E-state index is 0. The van der Waals surface area contributed by atoms with Crippen molar-refractivity contribution < 1.29 is 40.6 Å². The molecule has 0 amide bonds. The number of hydrogen-bond acceptors (Lipinski definition) is 2. The van der Waals surface area contributed by atoms with Crippen LogP contribution < -0.4 is 0 Å². The van der Waals surface area contributed by atoms with E-state index < -0.39 is 0 Å². The van der Waals surface area contributed by atoms with Crippen molar-refractivity contribution in [1.82, 2.24) is 0 Å². The Labute approximate surface area is 112 Å². The standard InChI is InChI=1S/C8H12O2.3CO.Fe/c1-3-4-5-6-7-10-8(2)9;3*1-2;/h3-6H,7H2,1-2H3;;;;. The van der Waals surface area contributed by atoms with Gasteiger partial charge < -0.3 is 4.74 Å². The van der Waals surface area contributed by atoms with E-state index in [2.05, 4.69) is 24.7 Å². The van der Waals surface area contributed by atoms with E-state index in [1.165, 1.54) is 6.92 Å². The average molecular weight is 280 g/mol. The summed E-state index contributed by atoms with van der Waals surface area (Å²) in [6.07, 6.45) is 7.40. The van der Waals surface area contributed by atoms with Gasteiger partial charge in [0.05, 0.1) is 0 Å². The van der Waals surface area contributed by atoms with Crippen LogP contribution in [0, 0.1) is 20.0 Å². The molecule has 0 atom stereocenters. The molecule has 0 aromatic heterocycles. The third kappa shape index (κ3) is 73.1. The van der Waals surface area contributed by atoms with Gasteiger partial charge in [-0.05, 0) is 13.0 Å². The molecule has 0 aliphatic rings. The maximum atomic E-state index is 10.2. The van der Waals surface area contributed by atoms with Crippen LogP contribution in [-0.4, -0.2) is 12.6 Å². The van der Waals surface area contributed by atoms with Crippen molar-refractivity contribution in [1.29, 1.82) is 0 Å². The molecule has 0 radical (unpaired) electrons. The smallest absolute Gasteiger partial charge is 0 e. The molecule has 0 rings (SSSR count). The fraction of sp³-hybridized carbons (Fsp3) is 0.273. The van der Waals surface area contributed by atoms with Crippen LogP contribution in [0.1, 0.15) is 13.8 Å². The van der Waals surface area contributed by atoms with Crippen molar-refractivity contribution in [2.75, 3.05) is 6.61 Å². The SMILES string of the molecule is CC=CC=CCOC(C)=O.[C-]#[O+].[C-]#[O+].[C-]#[O+].[Fe]. The minimum Gasteiger partial charge on any atom is 0 e. The monoisotopic (exact) mass is 280 g/mol. The van der Waals surface area contributed by atoms with E-state index in [1.807, 2.05) is 25.2 Å². The molecule has 0 spiro atoms. The Morgan fingerprint density at radius 2 is 1.53 bits per heavy atom. The van der Waals surface area contributed by atoms with E-state index in [4.69, 9.17) is 14.0 Å². The van der Waals surface area contributed by atoms with E-state index in [1.54, 1.807) is 6.08 Å². The van der Waals surface area contributed by atoms with Gasteiger partial charge in [0.25, 0.3) is 0 Å². The zero-order valence-corrected chi connectivity index (χ0v) is 10.5. The molecule has 0 unspecified atom stereocenters. The van der Waals surface area contributed by atoms with Gasteiger partial charge in [-0.2, -0.15) is 0 Å². The first-order chi connectivity index (χ1) is 7.77. The van der Waals surface area contributed by atoms with Gasteiger partial charge >= 0.3 is 39.9 Å². The third-order valence-electron chi connectivity index (χ3n) is 0.822. The number of esters is 1. The first kappa shape index (κ1) is 29.6. The summed E-state index contributed by atoms with van der Waals surface area (Å²) < 4.78 is 27.1. The molecular weight excluding hydrogens is 268 g/mol. The summed E-state index contributed by atoms with van der Waals surface area (Å²) in [5.41, 5.74) is 0. The van der Waals surface area contributed by atoms with E-state index >= 15 is 0 Å². The zero-order chi connectivity index (χ0) is 13.8. The second-order valence-electron chi connectivity index (χ2n) is 1.76. The van der Waals surface area contributed by atoms with Gasteiger partial charge in [-0.1, -0.05) is 18.2 Å². The molecule has 17 heavy (non-hydrogen) atoms. The maximum Gasteiger partial charge on any atom is 0 e.